The summed E-state index contributed by atoms with van der Waals surface area (Å²) >= 11 is 3.02. The minimum Gasteiger partial charge on any atom is -0.497 e. The minimum atomic E-state index is -1.30. The first-order valence-corrected chi connectivity index (χ1v) is 25.8. The van der Waals surface area contributed by atoms with Gasteiger partial charge in [0.15, 0.2) is 24.9 Å². The number of carbonyl (C=O) groups is 1. The van der Waals surface area contributed by atoms with Crippen LogP contribution in [0.1, 0.15) is 53.0 Å². The van der Waals surface area contributed by atoms with Crippen LogP contribution < -0.4 is 15.0 Å². The summed E-state index contributed by atoms with van der Waals surface area (Å²) in [5, 5.41) is 0.0370. The van der Waals surface area contributed by atoms with Crippen molar-refractivity contribution in [2.45, 2.75) is 49.4 Å². The Balaban J connectivity index is 1.20. The lowest BCUT2D eigenvalue weighted by Gasteiger charge is -2.41. The Morgan fingerprint density at radius 1 is 0.910 bits per heavy atom. The van der Waals surface area contributed by atoms with Gasteiger partial charge >= 0.3 is 0 Å². The fourth-order valence-corrected chi connectivity index (χ4v) is 13.7. The van der Waals surface area contributed by atoms with Gasteiger partial charge in [0.05, 0.1) is 33.5 Å². The number of thioether (sulfide) groups is 1. The molecule has 2 aliphatic rings. The molecule has 2 fully saturated rings. The van der Waals surface area contributed by atoms with E-state index in [1.165, 1.54) is 11.8 Å². The van der Waals surface area contributed by atoms with E-state index in [-0.39, 0.29) is 28.8 Å². The second kappa shape index (κ2) is 21.9. The van der Waals surface area contributed by atoms with Gasteiger partial charge in [0, 0.05) is 51.4 Å². The van der Waals surface area contributed by atoms with Crippen molar-refractivity contribution in [1.29, 1.82) is 0 Å². The number of aromatic amines is 1. The highest BCUT2D eigenvalue weighted by Crippen LogP contribution is 2.60. The topological polar surface area (TPSA) is 155 Å². The number of imidazole rings is 1. The van der Waals surface area contributed by atoms with Crippen molar-refractivity contribution in [2.75, 3.05) is 66.6 Å². The van der Waals surface area contributed by atoms with Gasteiger partial charge in [-0.05, 0) is 60.7 Å². The van der Waals surface area contributed by atoms with Crippen LogP contribution >= 0.6 is 30.6 Å². The SMILES string of the molecule is COc1ccc(C(OC[C@@]2(C)O[C@H](n3cnc4c(=O)[nH]c(/N=C/N(C)C)nc43)[C@@H](OC)[C@H]2OP(SCCSC(=O)c2ccccc2)N2CCCC2)(c2ccccc2)c2ccc(OC)cc2)cc1. The lowest BCUT2D eigenvalue weighted by Crippen LogP contribution is -2.48. The first kappa shape index (κ1) is 48.4. The van der Waals surface area contributed by atoms with Crippen LogP contribution in [0.5, 0.6) is 11.5 Å². The largest absolute Gasteiger partial charge is 0.497 e. The zero-order valence-electron chi connectivity index (χ0n) is 38.4. The van der Waals surface area contributed by atoms with Crippen LogP contribution in [0, 0.1) is 0 Å². The van der Waals surface area contributed by atoms with E-state index in [0.717, 1.165) is 42.6 Å². The van der Waals surface area contributed by atoms with Crippen molar-refractivity contribution in [1.82, 2.24) is 29.1 Å². The van der Waals surface area contributed by atoms with Crippen LogP contribution in [0.4, 0.5) is 5.95 Å². The number of ether oxygens (including phenoxy) is 5. The molecule has 0 spiro atoms. The van der Waals surface area contributed by atoms with Gasteiger partial charge in [-0.25, -0.2) is 9.98 Å². The van der Waals surface area contributed by atoms with Crippen molar-refractivity contribution in [3.8, 4) is 11.5 Å². The molecule has 0 radical (unpaired) electrons. The number of fused-ring (bicyclic) bond motifs is 1. The molecule has 0 saturated carbocycles. The molecule has 0 amide bonds. The van der Waals surface area contributed by atoms with Crippen molar-refractivity contribution >= 4 is 59.2 Å². The van der Waals surface area contributed by atoms with Gasteiger partial charge in [-0.1, -0.05) is 108 Å². The predicted molar refractivity (Wildman–Crippen MR) is 266 cm³/mol. The van der Waals surface area contributed by atoms with E-state index in [1.807, 2.05) is 118 Å². The summed E-state index contributed by atoms with van der Waals surface area (Å²) in [6, 6.07) is 35.2. The van der Waals surface area contributed by atoms with E-state index in [4.69, 9.17) is 33.2 Å². The molecule has 1 N–H and O–H groups in total. The standard InChI is InChI=1S/C49H56N7O8PS2/c1-48(31-62-49(35-17-11-8-12-18-35,36-19-23-38(59-4)24-20-36)37-21-25-39(60-5)26-22-37)42(64-65(55-27-13-14-28-55)67-30-29-66-46(58)34-15-9-7-10-16-34)41(61-6)45(63-48)56-33-50-40-43(56)52-47(53-44(40)57)51-32-54(2)3/h7-12,15-26,32-33,41-42,45H,13-14,27-31H2,1-6H3,(H,52,53,57)/b51-32+/t41-,42+,45-,48+,65?/m0/s1. The van der Waals surface area contributed by atoms with Crippen LogP contribution in [0.3, 0.4) is 0 Å². The summed E-state index contributed by atoms with van der Waals surface area (Å²) in [4.78, 5) is 44.6. The molecule has 2 aliphatic heterocycles. The maximum Gasteiger partial charge on any atom is 0.280 e. The molecule has 352 valence electrons. The van der Waals surface area contributed by atoms with Crippen LogP contribution in [0.2, 0.25) is 0 Å². The number of benzene rings is 4. The summed E-state index contributed by atoms with van der Waals surface area (Å²) in [5.41, 5.74) is 0.866. The zero-order chi connectivity index (χ0) is 47.0. The number of nitrogens with zero attached hydrogens (tertiary/aromatic N) is 6. The van der Waals surface area contributed by atoms with E-state index < -0.39 is 42.7 Å². The van der Waals surface area contributed by atoms with Crippen molar-refractivity contribution < 1.29 is 33.0 Å². The number of carbonyl (C=O) groups excluding carboxylic acids is 1. The highest BCUT2D eigenvalue weighted by Gasteiger charge is 2.57. The number of rotatable bonds is 20. The zero-order valence-corrected chi connectivity index (χ0v) is 41.0. The number of methoxy groups -OCH3 is 3. The first-order valence-electron chi connectivity index (χ1n) is 22.0. The van der Waals surface area contributed by atoms with Crippen molar-refractivity contribution in [3.63, 3.8) is 0 Å². The summed E-state index contributed by atoms with van der Waals surface area (Å²) in [7, 11) is 7.28. The van der Waals surface area contributed by atoms with Crippen LogP contribution in [0.15, 0.2) is 125 Å². The normalized spacial score (nSPS) is 20.4. The van der Waals surface area contributed by atoms with Gasteiger partial charge in [-0.15, -0.1) is 0 Å². The molecule has 5 atom stereocenters. The lowest BCUT2D eigenvalue weighted by molar-refractivity contribution is -0.146. The second-order valence-corrected chi connectivity index (χ2v) is 21.2. The Bertz CT molecular complexity index is 2600. The molecule has 4 aromatic carbocycles. The van der Waals surface area contributed by atoms with Gasteiger partial charge in [0.1, 0.15) is 34.9 Å². The third-order valence-electron chi connectivity index (χ3n) is 11.7. The Morgan fingerprint density at radius 2 is 1.52 bits per heavy atom. The smallest absolute Gasteiger partial charge is 0.280 e. The summed E-state index contributed by atoms with van der Waals surface area (Å²) in [5.74, 6) is 2.81. The van der Waals surface area contributed by atoms with Crippen molar-refractivity contribution in [3.05, 3.63) is 148 Å². The fourth-order valence-electron chi connectivity index (χ4n) is 8.35. The molecule has 0 aliphatic carbocycles. The van der Waals surface area contributed by atoms with E-state index in [2.05, 4.69) is 31.8 Å². The Kier molecular flexibility index (Phi) is 15.8. The van der Waals surface area contributed by atoms with Gasteiger partial charge in [0.2, 0.25) is 11.1 Å². The van der Waals surface area contributed by atoms with E-state index >= 15 is 0 Å². The van der Waals surface area contributed by atoms with Crippen LogP contribution in [0.25, 0.3) is 11.2 Å². The molecule has 0 bridgehead atoms. The molecule has 18 heteroatoms. The summed E-state index contributed by atoms with van der Waals surface area (Å²) in [6.45, 7) is 3.75. The molecule has 15 nitrogen and oxygen atoms in total. The maximum absolute atomic E-state index is 13.4. The molecule has 2 saturated heterocycles. The summed E-state index contributed by atoms with van der Waals surface area (Å²) < 4.78 is 44.1. The summed E-state index contributed by atoms with van der Waals surface area (Å²) in [6.07, 6.45) is 2.86. The van der Waals surface area contributed by atoms with E-state index in [1.54, 1.807) is 54.8 Å². The third kappa shape index (κ3) is 10.6. The minimum absolute atomic E-state index is 0.00919. The van der Waals surface area contributed by atoms with E-state index in [0.29, 0.717) is 28.6 Å². The molecule has 4 heterocycles. The molecular weight excluding hydrogens is 910 g/mol. The van der Waals surface area contributed by atoms with Crippen LogP contribution in [-0.4, -0.2) is 125 Å². The number of nitrogens with one attached hydrogen (secondary N) is 1. The molecule has 8 rings (SSSR count). The Labute approximate surface area is 400 Å². The average molecular weight is 966 g/mol. The Morgan fingerprint density at radius 3 is 2.12 bits per heavy atom. The highest BCUT2D eigenvalue weighted by atomic mass is 32.7. The number of hydrogen-bond acceptors (Lipinski definition) is 14. The van der Waals surface area contributed by atoms with Crippen LogP contribution in [-0.2, 0) is 24.3 Å². The molecule has 67 heavy (non-hydrogen) atoms. The molecular formula is C49H56N7O8PS2. The van der Waals surface area contributed by atoms with Gasteiger partial charge in [0.25, 0.3) is 5.56 Å². The lowest BCUT2D eigenvalue weighted by atomic mass is 9.79. The number of aliphatic imine (C=N–C) groups is 1. The first-order chi connectivity index (χ1) is 32.6. The van der Waals surface area contributed by atoms with Gasteiger partial charge in [-0.2, -0.15) is 4.98 Å². The monoisotopic (exact) mass is 965 g/mol. The Hall–Kier alpha value is -5.10. The average Bonchev–Trinajstić information content (AvgIpc) is 4.12. The quantitative estimate of drug-likeness (QED) is 0.0255. The van der Waals surface area contributed by atoms with Crippen molar-refractivity contribution in [2.24, 2.45) is 4.99 Å². The fraction of sp³-hybridized carbons (Fsp3) is 0.367. The third-order valence-corrected chi connectivity index (χ3v) is 16.9. The maximum atomic E-state index is 13.4. The molecule has 1 unspecified atom stereocenters. The number of hydrogen-bond donors (Lipinski definition) is 1. The number of aromatic nitrogens is 4. The molecule has 6 aromatic rings. The highest BCUT2D eigenvalue weighted by molar-refractivity contribution is 8.53. The predicted octanol–water partition coefficient (Wildman–Crippen LogP) is 8.68. The van der Waals surface area contributed by atoms with Gasteiger partial charge in [-0.3, -0.25) is 23.8 Å². The second-order valence-electron chi connectivity index (χ2n) is 16.5. The molecule has 2 aromatic heterocycles. The van der Waals surface area contributed by atoms with E-state index in [9.17, 15) is 9.59 Å². The number of H-pyrrole nitrogens is 1. The van der Waals surface area contributed by atoms with Gasteiger partial charge < -0.3 is 33.1 Å².